The Balaban J connectivity index is 1.66. The number of thioether (sulfide) groups is 1. The third kappa shape index (κ3) is 5.17. The van der Waals surface area contributed by atoms with Gasteiger partial charge in [-0.05, 0) is 48.2 Å². The Kier molecular flexibility index (Phi) is 5.97. The van der Waals surface area contributed by atoms with Gasteiger partial charge in [-0.15, -0.1) is 0 Å². The minimum Gasteiger partial charge on any atom is -0.348 e. The van der Waals surface area contributed by atoms with Crippen molar-refractivity contribution in [3.05, 3.63) is 70.3 Å². The number of alkyl halides is 3. The molecule has 0 spiro atoms. The molecule has 9 heteroatoms. The number of nitrogens with one attached hydrogen (secondary N) is 2. The van der Waals surface area contributed by atoms with Gasteiger partial charge in [-0.25, -0.2) is 0 Å². The first-order valence-electron chi connectivity index (χ1n) is 8.69. The van der Waals surface area contributed by atoms with Gasteiger partial charge in [-0.2, -0.15) is 13.2 Å². The maximum atomic E-state index is 12.6. The number of hydrogen-bond donors (Lipinski definition) is 2. The van der Waals surface area contributed by atoms with E-state index in [0.717, 1.165) is 35.0 Å². The number of carbonyl (C=O) groups is 3. The molecule has 1 heterocycles. The van der Waals surface area contributed by atoms with Crippen LogP contribution in [0, 0.1) is 6.92 Å². The second kappa shape index (κ2) is 8.28. The predicted octanol–water partition coefficient (Wildman–Crippen LogP) is 3.84. The second-order valence-corrected chi connectivity index (χ2v) is 7.79. The first-order valence-corrected chi connectivity index (χ1v) is 9.57. The summed E-state index contributed by atoms with van der Waals surface area (Å²) in [6.45, 7) is 1.84. The fourth-order valence-corrected chi connectivity index (χ4v) is 3.73. The minimum atomic E-state index is -4.40. The molecule has 2 aromatic carbocycles. The molecule has 0 aromatic heterocycles. The first-order chi connectivity index (χ1) is 13.6. The van der Waals surface area contributed by atoms with Crippen LogP contribution in [-0.4, -0.2) is 22.3 Å². The molecule has 3 amide bonds. The van der Waals surface area contributed by atoms with Crippen molar-refractivity contribution in [2.24, 2.45) is 0 Å². The zero-order chi connectivity index (χ0) is 21.2. The number of aryl methyl sites for hydroxylation is 1. The molecule has 3 rings (SSSR count). The smallest absolute Gasteiger partial charge is 0.348 e. The fourth-order valence-electron chi connectivity index (χ4n) is 2.87. The molecule has 1 atom stereocenters. The highest BCUT2D eigenvalue weighted by Crippen LogP contribution is 2.29. The molecule has 29 heavy (non-hydrogen) atoms. The quantitative estimate of drug-likeness (QED) is 0.768. The number of carbonyl (C=O) groups excluding carboxylic acids is 3. The molecule has 5 nitrogen and oxygen atoms in total. The fraction of sp³-hybridized carbons (Fsp3) is 0.250. The summed E-state index contributed by atoms with van der Waals surface area (Å²) in [6, 6.07) is 9.78. The minimum absolute atomic E-state index is 0.0794. The Morgan fingerprint density at radius 2 is 1.76 bits per heavy atom. The number of amides is 3. The zero-order valence-corrected chi connectivity index (χ0v) is 16.1. The van der Waals surface area contributed by atoms with E-state index in [9.17, 15) is 27.6 Å². The highest BCUT2D eigenvalue weighted by atomic mass is 32.2. The second-order valence-electron chi connectivity index (χ2n) is 6.61. The van der Waals surface area contributed by atoms with Crippen molar-refractivity contribution in [2.75, 3.05) is 0 Å². The SMILES string of the molecule is Cc1ccc(CC2SC(=O)NC2=O)cc1C(=O)NCc1ccc(C(F)(F)F)cc1. The molecular weight excluding hydrogens is 405 g/mol. The Morgan fingerprint density at radius 3 is 2.34 bits per heavy atom. The van der Waals surface area contributed by atoms with Crippen LogP contribution in [0.25, 0.3) is 0 Å². The average Bonchev–Trinajstić information content (AvgIpc) is 2.97. The van der Waals surface area contributed by atoms with E-state index < -0.39 is 17.0 Å². The molecule has 0 bridgehead atoms. The normalized spacial score (nSPS) is 16.6. The van der Waals surface area contributed by atoms with Crippen LogP contribution < -0.4 is 10.6 Å². The van der Waals surface area contributed by atoms with Crippen molar-refractivity contribution < 1.29 is 27.6 Å². The zero-order valence-electron chi connectivity index (χ0n) is 15.3. The van der Waals surface area contributed by atoms with Gasteiger partial charge in [-0.1, -0.05) is 36.0 Å². The molecule has 1 saturated heterocycles. The van der Waals surface area contributed by atoms with E-state index >= 15 is 0 Å². The monoisotopic (exact) mass is 422 g/mol. The molecule has 2 N–H and O–H groups in total. The van der Waals surface area contributed by atoms with Crippen LogP contribution in [0.2, 0.25) is 0 Å². The molecule has 1 aliphatic rings. The number of hydrogen-bond acceptors (Lipinski definition) is 4. The van der Waals surface area contributed by atoms with E-state index in [1.165, 1.54) is 12.1 Å². The molecule has 1 fully saturated rings. The van der Waals surface area contributed by atoms with Gasteiger partial charge in [0.05, 0.1) is 10.8 Å². The molecule has 1 aliphatic heterocycles. The van der Waals surface area contributed by atoms with Crippen molar-refractivity contribution in [3.8, 4) is 0 Å². The van der Waals surface area contributed by atoms with Gasteiger partial charge in [0.2, 0.25) is 5.91 Å². The van der Waals surface area contributed by atoms with E-state index in [-0.39, 0.29) is 23.6 Å². The summed E-state index contributed by atoms with van der Waals surface area (Å²) in [5.41, 5.74) is 1.65. The third-order valence-electron chi connectivity index (χ3n) is 4.47. The summed E-state index contributed by atoms with van der Waals surface area (Å²) < 4.78 is 37.8. The number of halogens is 3. The van der Waals surface area contributed by atoms with Crippen LogP contribution in [0.4, 0.5) is 18.0 Å². The maximum absolute atomic E-state index is 12.6. The molecule has 2 aromatic rings. The van der Waals surface area contributed by atoms with Gasteiger partial charge < -0.3 is 5.32 Å². The standard InChI is InChI=1S/C20H17F3N2O3S/c1-11-2-3-13(9-16-18(27)25-19(28)29-16)8-15(11)17(26)24-10-12-4-6-14(7-5-12)20(21,22)23/h2-8,16H,9-10H2,1H3,(H,24,26)(H,25,27,28). The van der Waals surface area contributed by atoms with Gasteiger partial charge >= 0.3 is 6.18 Å². The number of rotatable bonds is 5. The molecule has 0 saturated carbocycles. The number of imide groups is 1. The van der Waals surface area contributed by atoms with E-state index in [0.29, 0.717) is 17.5 Å². The van der Waals surface area contributed by atoms with Crippen molar-refractivity contribution in [1.82, 2.24) is 10.6 Å². The van der Waals surface area contributed by atoms with Crippen LogP contribution in [0.3, 0.4) is 0 Å². The lowest BCUT2D eigenvalue weighted by molar-refractivity contribution is -0.137. The average molecular weight is 422 g/mol. The van der Waals surface area contributed by atoms with Crippen molar-refractivity contribution in [1.29, 1.82) is 0 Å². The van der Waals surface area contributed by atoms with Gasteiger partial charge in [0.1, 0.15) is 0 Å². The summed E-state index contributed by atoms with van der Waals surface area (Å²) in [5.74, 6) is -0.724. The molecule has 0 aliphatic carbocycles. The van der Waals surface area contributed by atoms with Crippen LogP contribution in [0.5, 0.6) is 0 Å². The molecule has 152 valence electrons. The van der Waals surface area contributed by atoms with Crippen molar-refractivity contribution in [3.63, 3.8) is 0 Å². The van der Waals surface area contributed by atoms with Crippen molar-refractivity contribution >= 4 is 28.8 Å². The van der Waals surface area contributed by atoms with E-state index in [1.807, 2.05) is 0 Å². The summed E-state index contributed by atoms with van der Waals surface area (Å²) in [6.07, 6.45) is -4.10. The highest BCUT2D eigenvalue weighted by molar-refractivity contribution is 8.15. The summed E-state index contributed by atoms with van der Waals surface area (Å²) in [4.78, 5) is 35.5. The Morgan fingerprint density at radius 1 is 1.10 bits per heavy atom. The highest BCUT2D eigenvalue weighted by Gasteiger charge is 2.32. The molecule has 1 unspecified atom stereocenters. The van der Waals surface area contributed by atoms with E-state index in [2.05, 4.69) is 10.6 Å². The van der Waals surface area contributed by atoms with Crippen LogP contribution in [-0.2, 0) is 23.9 Å². The lowest BCUT2D eigenvalue weighted by Crippen LogP contribution is -2.26. The summed E-state index contributed by atoms with van der Waals surface area (Å²) in [5, 5.41) is 3.99. The van der Waals surface area contributed by atoms with Gasteiger partial charge in [0, 0.05) is 12.1 Å². The van der Waals surface area contributed by atoms with Gasteiger partial charge in [-0.3, -0.25) is 19.7 Å². The Bertz CT molecular complexity index is 958. The Hall–Kier alpha value is -2.81. The lowest BCUT2D eigenvalue weighted by Gasteiger charge is -2.12. The van der Waals surface area contributed by atoms with E-state index in [1.54, 1.807) is 25.1 Å². The first kappa shape index (κ1) is 20.9. The van der Waals surface area contributed by atoms with Crippen LogP contribution in [0.1, 0.15) is 32.6 Å². The Labute approximate surface area is 169 Å². The van der Waals surface area contributed by atoms with Gasteiger partial charge in [0.25, 0.3) is 11.1 Å². The van der Waals surface area contributed by atoms with E-state index in [4.69, 9.17) is 0 Å². The summed E-state index contributed by atoms with van der Waals surface area (Å²) in [7, 11) is 0. The molecular formula is C20H17F3N2O3S. The maximum Gasteiger partial charge on any atom is 0.416 e. The predicted molar refractivity (Wildman–Crippen MR) is 102 cm³/mol. The van der Waals surface area contributed by atoms with Gasteiger partial charge in [0.15, 0.2) is 0 Å². The topological polar surface area (TPSA) is 75.3 Å². The number of benzene rings is 2. The van der Waals surface area contributed by atoms with Crippen molar-refractivity contribution in [2.45, 2.75) is 31.3 Å². The summed E-state index contributed by atoms with van der Waals surface area (Å²) >= 11 is 0.917. The largest absolute Gasteiger partial charge is 0.416 e. The van der Waals surface area contributed by atoms with Crippen LogP contribution in [0.15, 0.2) is 42.5 Å². The van der Waals surface area contributed by atoms with Crippen LogP contribution >= 0.6 is 11.8 Å². The lowest BCUT2D eigenvalue weighted by atomic mass is 10.0. The third-order valence-corrected chi connectivity index (χ3v) is 5.45. The molecule has 0 radical (unpaired) electrons.